The molecular weight excluding hydrogens is 276 g/mol. The molecule has 2 aromatic carbocycles. The molecule has 0 bridgehead atoms. The van der Waals surface area contributed by atoms with Crippen molar-refractivity contribution in [3.8, 4) is 0 Å². The van der Waals surface area contributed by atoms with Crippen molar-refractivity contribution in [1.82, 2.24) is 0 Å². The van der Waals surface area contributed by atoms with E-state index in [0.717, 1.165) is 5.56 Å². The van der Waals surface area contributed by atoms with Crippen molar-refractivity contribution in [2.75, 3.05) is 0 Å². The molecule has 0 aliphatic rings. The summed E-state index contributed by atoms with van der Waals surface area (Å²) in [5.74, 6) is -0.482. The minimum atomic E-state index is -0.512. The molecule has 0 fully saturated rings. The highest BCUT2D eigenvalue weighted by atomic mass is 32.2. The number of benzene rings is 2. The summed E-state index contributed by atoms with van der Waals surface area (Å²) in [6, 6.07) is 12.2. The van der Waals surface area contributed by atoms with E-state index in [0.29, 0.717) is 17.7 Å². The quantitative estimate of drug-likeness (QED) is 0.838. The number of nitrogens with two attached hydrogens (primary N) is 1. The fourth-order valence-corrected chi connectivity index (χ4v) is 2.87. The van der Waals surface area contributed by atoms with Crippen molar-refractivity contribution in [3.63, 3.8) is 0 Å². The van der Waals surface area contributed by atoms with Crippen molar-refractivity contribution in [3.05, 3.63) is 65.2 Å². The zero-order valence-corrected chi connectivity index (χ0v) is 12.1. The average Bonchev–Trinajstić information content (AvgIpc) is 2.38. The van der Waals surface area contributed by atoms with Gasteiger partial charge in [0, 0.05) is 11.8 Å². The molecule has 0 aliphatic heterocycles. The van der Waals surface area contributed by atoms with Crippen molar-refractivity contribution in [2.45, 2.75) is 30.0 Å². The maximum Gasteiger partial charge on any atom is 0.140 e. The average molecular weight is 293 g/mol. The van der Waals surface area contributed by atoms with Crippen molar-refractivity contribution in [2.24, 2.45) is 5.73 Å². The molecule has 0 saturated heterocycles. The van der Waals surface area contributed by atoms with Gasteiger partial charge in [-0.2, -0.15) is 0 Å². The summed E-state index contributed by atoms with van der Waals surface area (Å²) in [6.07, 6.45) is 0.470. The first-order valence-corrected chi connectivity index (χ1v) is 7.45. The molecule has 0 amide bonds. The molecular formula is C16H17F2NS. The van der Waals surface area contributed by atoms with E-state index in [2.05, 4.69) is 0 Å². The van der Waals surface area contributed by atoms with Gasteiger partial charge in [0.05, 0.1) is 4.90 Å². The normalized spacial score (nSPS) is 12.4. The van der Waals surface area contributed by atoms with Gasteiger partial charge < -0.3 is 5.73 Å². The van der Waals surface area contributed by atoms with Gasteiger partial charge in [-0.15, -0.1) is 11.8 Å². The Morgan fingerprint density at radius 2 is 1.65 bits per heavy atom. The molecule has 0 radical (unpaired) electrons. The van der Waals surface area contributed by atoms with Crippen LogP contribution in [0.2, 0.25) is 0 Å². The molecule has 1 unspecified atom stereocenters. The first-order chi connectivity index (χ1) is 9.56. The predicted molar refractivity (Wildman–Crippen MR) is 79.7 cm³/mol. The predicted octanol–water partition coefficient (Wildman–Crippen LogP) is 4.15. The molecule has 0 heterocycles. The smallest absolute Gasteiger partial charge is 0.140 e. The number of rotatable bonds is 5. The summed E-state index contributed by atoms with van der Waals surface area (Å²) in [5, 5.41) is 0. The molecule has 2 N–H and O–H groups in total. The first-order valence-electron chi connectivity index (χ1n) is 6.46. The summed E-state index contributed by atoms with van der Waals surface area (Å²) in [5.41, 5.74) is 7.28. The highest BCUT2D eigenvalue weighted by molar-refractivity contribution is 7.98. The Hall–Kier alpha value is -1.39. The number of thioether (sulfide) groups is 1. The van der Waals surface area contributed by atoms with Gasteiger partial charge in [0.25, 0.3) is 0 Å². The van der Waals surface area contributed by atoms with Crippen LogP contribution in [0, 0.1) is 11.6 Å². The minimum absolute atomic E-state index is 0.0716. The molecule has 2 aromatic rings. The summed E-state index contributed by atoms with van der Waals surface area (Å²) in [6.45, 7) is 1.81. The maximum atomic E-state index is 14.0. The number of hydrogen-bond donors (Lipinski definition) is 1. The Balaban J connectivity index is 2.12. The van der Waals surface area contributed by atoms with Crippen molar-refractivity contribution < 1.29 is 8.78 Å². The van der Waals surface area contributed by atoms with E-state index in [1.165, 1.54) is 23.9 Å². The lowest BCUT2D eigenvalue weighted by Gasteiger charge is -2.09. The van der Waals surface area contributed by atoms with Gasteiger partial charge in [0.2, 0.25) is 0 Å². The van der Waals surface area contributed by atoms with E-state index in [-0.39, 0.29) is 10.9 Å². The first kappa shape index (κ1) is 15.0. The molecule has 0 aromatic heterocycles. The highest BCUT2D eigenvalue weighted by Gasteiger charge is 2.12. The van der Waals surface area contributed by atoms with Crippen LogP contribution in [0.5, 0.6) is 0 Å². The van der Waals surface area contributed by atoms with Crippen molar-refractivity contribution in [1.29, 1.82) is 0 Å². The van der Waals surface area contributed by atoms with E-state index in [4.69, 9.17) is 5.73 Å². The van der Waals surface area contributed by atoms with Crippen LogP contribution in [0.25, 0.3) is 0 Å². The Morgan fingerprint density at radius 3 is 2.20 bits per heavy atom. The van der Waals surface area contributed by atoms with Crippen LogP contribution < -0.4 is 5.73 Å². The van der Waals surface area contributed by atoms with Gasteiger partial charge in [-0.1, -0.05) is 30.3 Å². The lowest BCUT2D eigenvalue weighted by Crippen LogP contribution is -2.18. The van der Waals surface area contributed by atoms with E-state index in [9.17, 15) is 8.78 Å². The monoisotopic (exact) mass is 293 g/mol. The second-order valence-electron chi connectivity index (χ2n) is 4.84. The molecule has 2 rings (SSSR count). The Kier molecular flexibility index (Phi) is 5.15. The summed E-state index contributed by atoms with van der Waals surface area (Å²) < 4.78 is 27.9. The van der Waals surface area contributed by atoms with Crippen LogP contribution in [0.4, 0.5) is 8.78 Å². The summed E-state index contributed by atoms with van der Waals surface area (Å²) in [7, 11) is 0. The molecule has 4 heteroatoms. The topological polar surface area (TPSA) is 26.0 Å². The zero-order valence-electron chi connectivity index (χ0n) is 11.3. The summed E-state index contributed by atoms with van der Waals surface area (Å²) in [4.78, 5) is 0.0716. The number of halogens is 2. The highest BCUT2D eigenvalue weighted by Crippen LogP contribution is 2.29. The second-order valence-corrected chi connectivity index (χ2v) is 5.83. The lowest BCUT2D eigenvalue weighted by atomic mass is 10.1. The second kappa shape index (κ2) is 6.86. The maximum absolute atomic E-state index is 14.0. The molecule has 1 nitrogen and oxygen atoms in total. The third kappa shape index (κ3) is 4.05. The van der Waals surface area contributed by atoms with Gasteiger partial charge in [-0.3, -0.25) is 0 Å². The van der Waals surface area contributed by atoms with Crippen LogP contribution in [-0.2, 0) is 12.2 Å². The van der Waals surface area contributed by atoms with E-state index >= 15 is 0 Å². The number of hydrogen-bond acceptors (Lipinski definition) is 2. The third-order valence-electron chi connectivity index (χ3n) is 2.84. The SMILES string of the molecule is CC(N)Cc1cc(F)c(SCc2ccccc2)c(F)c1. The molecule has 0 spiro atoms. The van der Waals surface area contributed by atoms with Crippen LogP contribution in [-0.4, -0.2) is 6.04 Å². The van der Waals surface area contributed by atoms with Crippen molar-refractivity contribution >= 4 is 11.8 Å². The Morgan fingerprint density at radius 1 is 1.05 bits per heavy atom. The van der Waals surface area contributed by atoms with E-state index in [1.807, 2.05) is 37.3 Å². The molecule has 1 atom stereocenters. The van der Waals surface area contributed by atoms with Crippen LogP contribution in [0.15, 0.2) is 47.4 Å². The summed E-state index contributed by atoms with van der Waals surface area (Å²) >= 11 is 1.17. The van der Waals surface area contributed by atoms with Gasteiger partial charge in [0.1, 0.15) is 11.6 Å². The standard InChI is InChI=1S/C16H17F2NS/c1-11(19)7-13-8-14(17)16(15(18)9-13)20-10-12-5-3-2-4-6-12/h2-6,8-9,11H,7,10,19H2,1H3. The van der Waals surface area contributed by atoms with Gasteiger partial charge >= 0.3 is 0 Å². The molecule has 0 saturated carbocycles. The van der Waals surface area contributed by atoms with E-state index < -0.39 is 11.6 Å². The van der Waals surface area contributed by atoms with Gasteiger partial charge in [-0.25, -0.2) is 8.78 Å². The molecule has 106 valence electrons. The van der Waals surface area contributed by atoms with E-state index in [1.54, 1.807) is 0 Å². The Labute approximate surface area is 122 Å². The van der Waals surface area contributed by atoms with Gasteiger partial charge in [0.15, 0.2) is 0 Å². The fourth-order valence-electron chi connectivity index (χ4n) is 1.97. The largest absolute Gasteiger partial charge is 0.328 e. The zero-order chi connectivity index (χ0) is 14.5. The molecule has 20 heavy (non-hydrogen) atoms. The van der Waals surface area contributed by atoms with Crippen LogP contribution in [0.3, 0.4) is 0 Å². The Bertz CT molecular complexity index is 547. The third-order valence-corrected chi connectivity index (χ3v) is 4.00. The van der Waals surface area contributed by atoms with Gasteiger partial charge in [-0.05, 0) is 36.6 Å². The molecule has 0 aliphatic carbocycles. The van der Waals surface area contributed by atoms with Crippen LogP contribution in [0.1, 0.15) is 18.1 Å². The van der Waals surface area contributed by atoms with Crippen LogP contribution >= 0.6 is 11.8 Å². The minimum Gasteiger partial charge on any atom is -0.328 e. The fraction of sp³-hybridized carbons (Fsp3) is 0.250. The lowest BCUT2D eigenvalue weighted by molar-refractivity contribution is 0.535.